The van der Waals surface area contributed by atoms with Gasteiger partial charge in [-0.1, -0.05) is 38.5 Å². The maximum Gasteiger partial charge on any atom is 0.225 e. The minimum Gasteiger partial charge on any atom is -0.384 e. The molecule has 1 heterocycles. The summed E-state index contributed by atoms with van der Waals surface area (Å²) in [6.07, 6.45) is 1.93. The van der Waals surface area contributed by atoms with Gasteiger partial charge in [-0.25, -0.2) is 0 Å². The number of anilines is 1. The number of nitrogens with one attached hydrogen (secondary N) is 2. The monoisotopic (exact) mass is 260 g/mol. The van der Waals surface area contributed by atoms with E-state index in [0.29, 0.717) is 5.92 Å². The van der Waals surface area contributed by atoms with Gasteiger partial charge in [-0.2, -0.15) is 0 Å². The summed E-state index contributed by atoms with van der Waals surface area (Å²) >= 11 is 0. The molecule has 3 atom stereocenters. The summed E-state index contributed by atoms with van der Waals surface area (Å²) in [5.41, 5.74) is 2.41. The van der Waals surface area contributed by atoms with Gasteiger partial charge in [-0.15, -0.1) is 0 Å². The molecular weight excluding hydrogens is 236 g/mol. The second-order valence-corrected chi connectivity index (χ2v) is 5.62. The number of carbonyl (C=O) groups excluding carboxylic acids is 1. The molecule has 0 radical (unpaired) electrons. The maximum absolute atomic E-state index is 12.3. The zero-order chi connectivity index (χ0) is 13.8. The van der Waals surface area contributed by atoms with E-state index >= 15 is 0 Å². The number of hydrogen-bond donors (Lipinski definition) is 2. The summed E-state index contributed by atoms with van der Waals surface area (Å²) in [6, 6.07) is 8.47. The van der Waals surface area contributed by atoms with Crippen molar-refractivity contribution in [1.82, 2.24) is 5.32 Å². The SMILES string of the molecule is CCC(C)C(C)NC(=O)C1CNc2ccccc2C1. The van der Waals surface area contributed by atoms with Gasteiger partial charge in [0.25, 0.3) is 0 Å². The van der Waals surface area contributed by atoms with Crippen LogP contribution in [0.5, 0.6) is 0 Å². The lowest BCUT2D eigenvalue weighted by Crippen LogP contribution is -2.44. The molecular formula is C16H24N2O. The van der Waals surface area contributed by atoms with E-state index in [0.717, 1.165) is 19.4 Å². The van der Waals surface area contributed by atoms with E-state index in [2.05, 4.69) is 43.5 Å². The van der Waals surface area contributed by atoms with Gasteiger partial charge in [0, 0.05) is 18.3 Å². The second-order valence-electron chi connectivity index (χ2n) is 5.62. The molecule has 3 unspecified atom stereocenters. The summed E-state index contributed by atoms with van der Waals surface area (Å²) in [4.78, 5) is 12.3. The van der Waals surface area contributed by atoms with E-state index in [1.54, 1.807) is 0 Å². The highest BCUT2D eigenvalue weighted by Crippen LogP contribution is 2.24. The van der Waals surface area contributed by atoms with Gasteiger partial charge in [0.1, 0.15) is 0 Å². The van der Waals surface area contributed by atoms with Crippen molar-refractivity contribution in [1.29, 1.82) is 0 Å². The van der Waals surface area contributed by atoms with E-state index in [1.807, 2.05) is 12.1 Å². The number of rotatable bonds is 4. The largest absolute Gasteiger partial charge is 0.384 e. The standard InChI is InChI=1S/C16H24N2O/c1-4-11(2)12(3)18-16(19)14-9-13-7-5-6-8-15(13)17-10-14/h5-8,11-12,14,17H,4,9-10H2,1-3H3,(H,18,19). The number of carbonyl (C=O) groups is 1. The first-order valence-electron chi connectivity index (χ1n) is 7.24. The van der Waals surface area contributed by atoms with Gasteiger partial charge in [-0.05, 0) is 30.9 Å². The van der Waals surface area contributed by atoms with Crippen LogP contribution >= 0.6 is 0 Å². The third-order valence-electron chi connectivity index (χ3n) is 4.26. The zero-order valence-electron chi connectivity index (χ0n) is 12.1. The molecule has 1 amide bonds. The molecule has 0 aliphatic carbocycles. The topological polar surface area (TPSA) is 41.1 Å². The van der Waals surface area contributed by atoms with Crippen LogP contribution in [0.1, 0.15) is 32.8 Å². The minimum absolute atomic E-state index is 0.0430. The highest BCUT2D eigenvalue weighted by Gasteiger charge is 2.25. The highest BCUT2D eigenvalue weighted by molar-refractivity contribution is 5.81. The molecule has 19 heavy (non-hydrogen) atoms. The molecule has 1 aliphatic heterocycles. The Bertz CT molecular complexity index is 444. The molecule has 3 heteroatoms. The van der Waals surface area contributed by atoms with Crippen LogP contribution in [-0.4, -0.2) is 18.5 Å². The fourth-order valence-corrected chi connectivity index (χ4v) is 2.46. The average molecular weight is 260 g/mol. The first kappa shape index (κ1) is 13.9. The van der Waals surface area contributed by atoms with Crippen molar-refractivity contribution in [2.45, 2.75) is 39.7 Å². The van der Waals surface area contributed by atoms with Crippen LogP contribution < -0.4 is 10.6 Å². The van der Waals surface area contributed by atoms with Gasteiger partial charge >= 0.3 is 0 Å². The summed E-state index contributed by atoms with van der Waals surface area (Å²) in [5.74, 6) is 0.740. The van der Waals surface area contributed by atoms with Gasteiger partial charge in [0.2, 0.25) is 5.91 Å². The lowest BCUT2D eigenvalue weighted by molar-refractivity contribution is -0.125. The van der Waals surface area contributed by atoms with Crippen molar-refractivity contribution in [2.24, 2.45) is 11.8 Å². The molecule has 0 fully saturated rings. The quantitative estimate of drug-likeness (QED) is 0.874. The van der Waals surface area contributed by atoms with Gasteiger partial charge in [0.05, 0.1) is 5.92 Å². The van der Waals surface area contributed by atoms with Gasteiger partial charge in [-0.3, -0.25) is 4.79 Å². The summed E-state index contributed by atoms with van der Waals surface area (Å²) < 4.78 is 0. The summed E-state index contributed by atoms with van der Waals surface area (Å²) in [6.45, 7) is 7.16. The van der Waals surface area contributed by atoms with E-state index in [1.165, 1.54) is 11.3 Å². The first-order valence-corrected chi connectivity index (χ1v) is 7.24. The molecule has 1 aliphatic rings. The molecule has 104 valence electrons. The minimum atomic E-state index is 0.0430. The Morgan fingerprint density at radius 2 is 2.16 bits per heavy atom. The maximum atomic E-state index is 12.3. The lowest BCUT2D eigenvalue weighted by atomic mass is 9.92. The number of para-hydroxylation sites is 1. The van der Waals surface area contributed by atoms with Crippen LogP contribution in [0.2, 0.25) is 0 Å². The molecule has 0 spiro atoms. The molecule has 2 N–H and O–H groups in total. The molecule has 1 aromatic rings. The van der Waals surface area contributed by atoms with Gasteiger partial charge in [0.15, 0.2) is 0 Å². The first-order chi connectivity index (χ1) is 9.11. The van der Waals surface area contributed by atoms with Crippen LogP contribution in [-0.2, 0) is 11.2 Å². The van der Waals surface area contributed by atoms with Crippen LogP contribution in [0.4, 0.5) is 5.69 Å². The van der Waals surface area contributed by atoms with Crippen molar-refractivity contribution < 1.29 is 4.79 Å². The van der Waals surface area contributed by atoms with E-state index in [9.17, 15) is 4.79 Å². The highest BCUT2D eigenvalue weighted by atomic mass is 16.2. The third-order valence-corrected chi connectivity index (χ3v) is 4.26. The van der Waals surface area contributed by atoms with Crippen LogP contribution in [0, 0.1) is 11.8 Å². The molecule has 3 nitrogen and oxygen atoms in total. The van der Waals surface area contributed by atoms with Crippen LogP contribution in [0.3, 0.4) is 0 Å². The van der Waals surface area contributed by atoms with Gasteiger partial charge < -0.3 is 10.6 Å². The smallest absolute Gasteiger partial charge is 0.225 e. The lowest BCUT2D eigenvalue weighted by Gasteiger charge is -2.28. The Balaban J connectivity index is 1.95. The number of hydrogen-bond acceptors (Lipinski definition) is 2. The Morgan fingerprint density at radius 3 is 2.89 bits per heavy atom. The number of amides is 1. The number of benzene rings is 1. The van der Waals surface area contributed by atoms with Crippen molar-refractivity contribution in [3.8, 4) is 0 Å². The van der Waals surface area contributed by atoms with Crippen molar-refractivity contribution in [2.75, 3.05) is 11.9 Å². The second kappa shape index (κ2) is 6.09. The molecule has 0 aromatic heterocycles. The predicted molar refractivity (Wildman–Crippen MR) is 79.2 cm³/mol. The molecule has 2 rings (SSSR count). The molecule has 1 aromatic carbocycles. The zero-order valence-corrected chi connectivity index (χ0v) is 12.1. The Hall–Kier alpha value is -1.51. The van der Waals surface area contributed by atoms with Crippen molar-refractivity contribution in [3.05, 3.63) is 29.8 Å². The average Bonchev–Trinajstić information content (AvgIpc) is 2.45. The third kappa shape index (κ3) is 3.28. The van der Waals surface area contributed by atoms with Crippen molar-refractivity contribution in [3.63, 3.8) is 0 Å². The molecule has 0 saturated carbocycles. The number of fused-ring (bicyclic) bond motifs is 1. The molecule has 0 bridgehead atoms. The van der Waals surface area contributed by atoms with Crippen LogP contribution in [0.15, 0.2) is 24.3 Å². The fraction of sp³-hybridized carbons (Fsp3) is 0.562. The van der Waals surface area contributed by atoms with E-state index in [4.69, 9.17) is 0 Å². The predicted octanol–water partition coefficient (Wildman–Crippen LogP) is 2.82. The van der Waals surface area contributed by atoms with Crippen molar-refractivity contribution >= 4 is 11.6 Å². The normalized spacial score (nSPS) is 20.9. The Kier molecular flexibility index (Phi) is 4.46. The van der Waals surface area contributed by atoms with E-state index < -0.39 is 0 Å². The Labute approximate surface area is 115 Å². The van der Waals surface area contributed by atoms with Crippen LogP contribution in [0.25, 0.3) is 0 Å². The molecule has 0 saturated heterocycles. The van der Waals surface area contributed by atoms with E-state index in [-0.39, 0.29) is 17.9 Å². The fourth-order valence-electron chi connectivity index (χ4n) is 2.46. The Morgan fingerprint density at radius 1 is 1.42 bits per heavy atom. The summed E-state index contributed by atoms with van der Waals surface area (Å²) in [7, 11) is 0. The summed E-state index contributed by atoms with van der Waals surface area (Å²) in [5, 5.41) is 6.50.